The van der Waals surface area contributed by atoms with Crippen LogP contribution in [0.1, 0.15) is 34.5 Å². The van der Waals surface area contributed by atoms with Crippen LogP contribution in [-0.2, 0) is 25.9 Å². The standard InChI is InChI=1S/C24H26ClN3O6S/c1-4-28-24(30)17(12-26-28)23(29)16-10-11-19(35(3,31)32)22(21(16)25)27-13-18(34-20(14-27)33-2)15-8-6-5-7-9-15/h5-12,18,20,26H,4,13-14H2,1-3H3/t18-,20+/m0/s1. The van der Waals surface area contributed by atoms with Crippen LogP contribution in [0.4, 0.5) is 5.69 Å². The molecule has 4 rings (SSSR count). The second-order valence-corrected chi connectivity index (χ2v) is 10.6. The molecule has 1 N–H and O–H groups in total. The van der Waals surface area contributed by atoms with Gasteiger partial charge < -0.3 is 19.5 Å². The first-order valence-electron chi connectivity index (χ1n) is 11.0. The number of ketones is 1. The van der Waals surface area contributed by atoms with Crippen molar-refractivity contribution in [3.05, 3.63) is 80.7 Å². The maximum absolute atomic E-state index is 13.3. The van der Waals surface area contributed by atoms with Crippen molar-refractivity contribution in [2.24, 2.45) is 0 Å². The lowest BCUT2D eigenvalue weighted by Gasteiger charge is -2.40. The molecule has 0 unspecified atom stereocenters. The van der Waals surface area contributed by atoms with Crippen molar-refractivity contribution < 1.29 is 22.7 Å². The van der Waals surface area contributed by atoms with E-state index in [4.69, 9.17) is 21.1 Å². The van der Waals surface area contributed by atoms with Crippen LogP contribution < -0.4 is 10.5 Å². The van der Waals surface area contributed by atoms with Crippen LogP contribution in [0.2, 0.25) is 5.02 Å². The van der Waals surface area contributed by atoms with Gasteiger partial charge in [0.05, 0.1) is 22.2 Å². The Morgan fingerprint density at radius 3 is 2.49 bits per heavy atom. The number of hydrogen-bond donors (Lipinski definition) is 1. The molecule has 3 aromatic rings. The van der Waals surface area contributed by atoms with Crippen LogP contribution in [0.3, 0.4) is 0 Å². The molecule has 1 saturated heterocycles. The van der Waals surface area contributed by atoms with Gasteiger partial charge in [0.15, 0.2) is 16.1 Å². The first-order chi connectivity index (χ1) is 16.7. The fourth-order valence-corrected chi connectivity index (χ4v) is 5.48. The van der Waals surface area contributed by atoms with Gasteiger partial charge in [-0.2, -0.15) is 0 Å². The van der Waals surface area contributed by atoms with E-state index >= 15 is 0 Å². The number of nitrogens with one attached hydrogen (secondary N) is 1. The Balaban J connectivity index is 1.83. The number of benzene rings is 2. The zero-order valence-electron chi connectivity index (χ0n) is 19.5. The summed E-state index contributed by atoms with van der Waals surface area (Å²) in [6, 6.07) is 12.2. The van der Waals surface area contributed by atoms with Crippen LogP contribution in [0.5, 0.6) is 0 Å². The van der Waals surface area contributed by atoms with Crippen molar-refractivity contribution in [2.75, 3.05) is 31.4 Å². The number of methoxy groups -OCH3 is 1. The Morgan fingerprint density at radius 1 is 1.17 bits per heavy atom. The highest BCUT2D eigenvalue weighted by Gasteiger charge is 2.34. The lowest BCUT2D eigenvalue weighted by atomic mass is 10.0. The largest absolute Gasteiger partial charge is 0.361 e. The molecule has 1 fully saturated rings. The van der Waals surface area contributed by atoms with Crippen LogP contribution >= 0.6 is 11.6 Å². The van der Waals surface area contributed by atoms with E-state index in [1.807, 2.05) is 30.3 Å². The second kappa shape index (κ2) is 9.98. The van der Waals surface area contributed by atoms with E-state index < -0.39 is 33.6 Å². The van der Waals surface area contributed by atoms with Crippen molar-refractivity contribution in [3.8, 4) is 0 Å². The number of nitrogens with zero attached hydrogens (tertiary/aromatic N) is 2. The number of ether oxygens (including phenoxy) is 2. The van der Waals surface area contributed by atoms with E-state index in [1.165, 1.54) is 30.1 Å². The highest BCUT2D eigenvalue weighted by atomic mass is 35.5. The predicted octanol–water partition coefficient (Wildman–Crippen LogP) is 3.03. The molecule has 0 saturated carbocycles. The molecule has 0 aliphatic carbocycles. The predicted molar refractivity (Wildman–Crippen MR) is 132 cm³/mol. The van der Waals surface area contributed by atoms with Crippen molar-refractivity contribution in [3.63, 3.8) is 0 Å². The SMILES string of the molecule is CCn1[nH]cc(C(=O)c2ccc(S(C)(=O)=O)c(N3C[C@H](OC)O[C@H](c4ccccc4)C3)c2Cl)c1=O. The number of morpholine rings is 1. The Morgan fingerprint density at radius 2 is 1.89 bits per heavy atom. The number of hydrogen-bond acceptors (Lipinski definition) is 7. The Kier molecular flexibility index (Phi) is 7.18. The molecular weight excluding hydrogens is 494 g/mol. The van der Waals surface area contributed by atoms with Crippen molar-refractivity contribution in [2.45, 2.75) is 30.8 Å². The average molecular weight is 520 g/mol. The van der Waals surface area contributed by atoms with Crippen molar-refractivity contribution >= 4 is 32.9 Å². The highest BCUT2D eigenvalue weighted by Crippen LogP contribution is 2.40. The summed E-state index contributed by atoms with van der Waals surface area (Å²) in [6.07, 6.45) is 1.31. The number of sulfone groups is 1. The minimum atomic E-state index is -3.72. The van der Waals surface area contributed by atoms with Crippen LogP contribution in [-0.4, -0.2) is 56.7 Å². The first kappa shape index (κ1) is 25.2. The molecule has 0 spiro atoms. The lowest BCUT2D eigenvalue weighted by Crippen LogP contribution is -2.45. The van der Waals surface area contributed by atoms with Crippen LogP contribution in [0.15, 0.2) is 58.4 Å². The first-order valence-corrected chi connectivity index (χ1v) is 13.3. The molecule has 9 nitrogen and oxygen atoms in total. The summed E-state index contributed by atoms with van der Waals surface area (Å²) in [5.41, 5.74) is 0.543. The summed E-state index contributed by atoms with van der Waals surface area (Å²) < 4.78 is 38.2. The number of carbonyl (C=O) groups is 1. The van der Waals surface area contributed by atoms with Gasteiger partial charge in [0, 0.05) is 38.2 Å². The molecule has 2 aromatic carbocycles. The molecule has 186 valence electrons. The van der Waals surface area contributed by atoms with E-state index in [-0.39, 0.29) is 39.8 Å². The van der Waals surface area contributed by atoms with Gasteiger partial charge in [-0.1, -0.05) is 41.9 Å². The number of aryl methyl sites for hydroxylation is 1. The summed E-state index contributed by atoms with van der Waals surface area (Å²) in [5.74, 6) is -0.596. The minimum absolute atomic E-state index is 0.0253. The molecule has 0 amide bonds. The molecule has 0 radical (unpaired) electrons. The van der Waals surface area contributed by atoms with Gasteiger partial charge in [0.25, 0.3) is 5.56 Å². The van der Waals surface area contributed by atoms with Crippen LogP contribution in [0.25, 0.3) is 0 Å². The van der Waals surface area contributed by atoms with E-state index in [2.05, 4.69) is 5.10 Å². The molecule has 11 heteroatoms. The van der Waals surface area contributed by atoms with E-state index in [1.54, 1.807) is 11.8 Å². The molecule has 1 aromatic heterocycles. The Labute approximate surface area is 208 Å². The second-order valence-electron chi connectivity index (χ2n) is 8.22. The quantitative estimate of drug-likeness (QED) is 0.478. The van der Waals surface area contributed by atoms with E-state index in [0.29, 0.717) is 6.54 Å². The minimum Gasteiger partial charge on any atom is -0.361 e. The Hall–Kier alpha value is -2.92. The number of rotatable bonds is 7. The number of aromatic nitrogens is 2. The number of H-pyrrole nitrogens is 1. The van der Waals surface area contributed by atoms with Gasteiger partial charge in [-0.3, -0.25) is 14.3 Å². The third-order valence-corrected chi connectivity index (χ3v) is 7.46. The third-order valence-electron chi connectivity index (χ3n) is 5.95. The van der Waals surface area contributed by atoms with Crippen molar-refractivity contribution in [1.29, 1.82) is 0 Å². The molecule has 2 heterocycles. The topological polar surface area (TPSA) is 111 Å². The number of halogens is 1. The smallest absolute Gasteiger partial charge is 0.277 e. The molecule has 0 bridgehead atoms. The molecular formula is C24H26ClN3O6S. The van der Waals surface area contributed by atoms with Gasteiger partial charge in [0.2, 0.25) is 5.78 Å². The summed E-state index contributed by atoms with van der Waals surface area (Å²) in [6.45, 7) is 2.60. The average Bonchev–Trinajstić information content (AvgIpc) is 3.23. The normalized spacial score (nSPS) is 18.6. The highest BCUT2D eigenvalue weighted by molar-refractivity contribution is 7.90. The van der Waals surface area contributed by atoms with Gasteiger partial charge in [-0.25, -0.2) is 8.42 Å². The number of anilines is 1. The zero-order chi connectivity index (χ0) is 25.3. The molecule has 2 atom stereocenters. The van der Waals surface area contributed by atoms with Crippen molar-refractivity contribution in [1.82, 2.24) is 9.78 Å². The third kappa shape index (κ3) is 4.92. The van der Waals surface area contributed by atoms with Gasteiger partial charge in [0.1, 0.15) is 11.7 Å². The van der Waals surface area contributed by atoms with Gasteiger partial charge in [-0.15, -0.1) is 0 Å². The van der Waals surface area contributed by atoms with E-state index in [9.17, 15) is 18.0 Å². The summed E-state index contributed by atoms with van der Waals surface area (Å²) in [5, 5.41) is 2.69. The molecule has 1 aliphatic rings. The molecule has 1 aliphatic heterocycles. The van der Waals surface area contributed by atoms with Crippen LogP contribution in [0, 0.1) is 0 Å². The maximum atomic E-state index is 13.3. The number of aromatic amines is 1. The summed E-state index contributed by atoms with van der Waals surface area (Å²) in [7, 11) is -2.22. The fourth-order valence-electron chi connectivity index (χ4n) is 4.16. The van der Waals surface area contributed by atoms with E-state index in [0.717, 1.165) is 11.8 Å². The Bertz CT molecular complexity index is 1400. The monoisotopic (exact) mass is 519 g/mol. The van der Waals surface area contributed by atoms with Gasteiger partial charge in [-0.05, 0) is 24.6 Å². The number of carbonyl (C=O) groups excluding carboxylic acids is 1. The maximum Gasteiger partial charge on any atom is 0.277 e. The fraction of sp³-hybridized carbons (Fsp3) is 0.333. The summed E-state index contributed by atoms with van der Waals surface area (Å²) in [4.78, 5) is 27.6. The molecule has 35 heavy (non-hydrogen) atoms. The zero-order valence-corrected chi connectivity index (χ0v) is 21.1. The summed E-state index contributed by atoms with van der Waals surface area (Å²) >= 11 is 6.75. The van der Waals surface area contributed by atoms with Gasteiger partial charge >= 0.3 is 0 Å². The lowest BCUT2D eigenvalue weighted by molar-refractivity contribution is -0.164.